The molecule has 5 rings (SSSR count). The number of benzene rings is 1. The van der Waals surface area contributed by atoms with Crippen molar-refractivity contribution in [3.8, 4) is 0 Å². The number of halogens is 1. The monoisotopic (exact) mass is 699 g/mol. The second kappa shape index (κ2) is 14.4. The minimum absolute atomic E-state index is 0.0630. The van der Waals surface area contributed by atoms with E-state index in [0.29, 0.717) is 22.9 Å². The van der Waals surface area contributed by atoms with E-state index in [4.69, 9.17) is 9.47 Å². The summed E-state index contributed by atoms with van der Waals surface area (Å²) in [5, 5.41) is 13.6. The Kier molecular flexibility index (Phi) is 10.7. The molecule has 2 N–H and O–H groups in total. The summed E-state index contributed by atoms with van der Waals surface area (Å²) in [5.74, 6) is -3.71. The van der Waals surface area contributed by atoms with Crippen LogP contribution >= 0.6 is 15.9 Å². The number of allylic oxidation sites excluding steroid dienone is 1. The van der Waals surface area contributed by atoms with Crippen LogP contribution in [0.15, 0.2) is 53.0 Å². The molecule has 11 heteroatoms. The molecule has 0 aliphatic carbocycles. The lowest BCUT2D eigenvalue weighted by atomic mass is 9.74. The van der Waals surface area contributed by atoms with Gasteiger partial charge in [-0.05, 0) is 37.3 Å². The Labute approximate surface area is 279 Å². The van der Waals surface area contributed by atoms with Gasteiger partial charge in [0.05, 0.1) is 25.1 Å². The van der Waals surface area contributed by atoms with Crippen LogP contribution in [0, 0.1) is 17.8 Å². The van der Waals surface area contributed by atoms with Crippen LogP contribution in [0.2, 0.25) is 0 Å². The second-order valence-electron chi connectivity index (χ2n) is 13.0. The predicted octanol–water partition coefficient (Wildman–Crippen LogP) is 4.03. The molecule has 4 heterocycles. The van der Waals surface area contributed by atoms with E-state index in [1.54, 1.807) is 11.0 Å². The number of carbonyl (C=O) groups is 4. The number of cyclic esters (lactones) is 1. The highest BCUT2D eigenvalue weighted by molar-refractivity contribution is 9.11. The van der Waals surface area contributed by atoms with Crippen LogP contribution < -0.4 is 5.32 Å². The van der Waals surface area contributed by atoms with Crippen LogP contribution in [0.1, 0.15) is 71.5 Å². The van der Waals surface area contributed by atoms with E-state index < -0.39 is 53.6 Å². The lowest BCUT2D eigenvalue weighted by Gasteiger charge is -2.41. The van der Waals surface area contributed by atoms with Gasteiger partial charge in [-0.15, -0.1) is 0 Å². The van der Waals surface area contributed by atoms with E-state index in [0.717, 1.165) is 12.8 Å². The maximum Gasteiger partial charge on any atom is 0.313 e. The van der Waals surface area contributed by atoms with Gasteiger partial charge in [0.1, 0.15) is 29.8 Å². The molecule has 0 saturated carbocycles. The first-order valence-electron chi connectivity index (χ1n) is 16.6. The normalized spacial score (nSPS) is 32.8. The predicted molar refractivity (Wildman–Crippen MR) is 175 cm³/mol. The SMILES string of the molecule is CCCC(C)N1C/C=C\CCC(=O)NC[C@H](c2ccccc2)OC(=O)[C@H]2[C@@H]3O[C@@]4(C=C3Br)[C@@H]2C(=O)N([C@@H](CO)[C@@H](C)CC)[C@@H]4C1=O. The number of hydrogen-bond donors (Lipinski definition) is 2. The topological polar surface area (TPSA) is 125 Å². The van der Waals surface area contributed by atoms with Gasteiger partial charge in [-0.2, -0.15) is 0 Å². The highest BCUT2D eigenvalue weighted by Crippen LogP contribution is 2.59. The van der Waals surface area contributed by atoms with E-state index in [9.17, 15) is 24.3 Å². The Hall–Kier alpha value is -3.02. The van der Waals surface area contributed by atoms with Crippen molar-refractivity contribution in [2.75, 3.05) is 19.7 Å². The summed E-state index contributed by atoms with van der Waals surface area (Å²) in [6.07, 6.45) is 6.93. The molecule has 5 bridgehead atoms. The van der Waals surface area contributed by atoms with Gasteiger partial charge in [0.2, 0.25) is 17.7 Å². The zero-order valence-corrected chi connectivity index (χ0v) is 28.6. The molecule has 46 heavy (non-hydrogen) atoms. The molecule has 2 fully saturated rings. The summed E-state index contributed by atoms with van der Waals surface area (Å²) in [6.45, 7) is 7.99. The van der Waals surface area contributed by atoms with Crippen molar-refractivity contribution < 1.29 is 33.8 Å². The molecule has 9 atom stereocenters. The van der Waals surface area contributed by atoms with Crippen LogP contribution in [0.25, 0.3) is 0 Å². The van der Waals surface area contributed by atoms with Gasteiger partial charge in [0, 0.05) is 23.5 Å². The number of carbonyl (C=O) groups excluding carboxylic acids is 4. The number of fused-ring (bicyclic) bond motifs is 2. The van der Waals surface area contributed by atoms with Crippen molar-refractivity contribution in [1.82, 2.24) is 15.1 Å². The van der Waals surface area contributed by atoms with Gasteiger partial charge >= 0.3 is 5.97 Å². The molecule has 1 aromatic rings. The van der Waals surface area contributed by atoms with Crippen LogP contribution in [0.3, 0.4) is 0 Å². The van der Waals surface area contributed by atoms with Crippen LogP contribution in [0.5, 0.6) is 0 Å². The zero-order valence-electron chi connectivity index (χ0n) is 27.1. The number of amides is 3. The summed E-state index contributed by atoms with van der Waals surface area (Å²) in [5.41, 5.74) is -0.729. The smallest absolute Gasteiger partial charge is 0.313 e. The molecule has 250 valence electrons. The van der Waals surface area contributed by atoms with Crippen LogP contribution in [-0.2, 0) is 28.7 Å². The maximum absolute atomic E-state index is 14.9. The molecule has 4 aliphatic heterocycles. The Bertz CT molecular complexity index is 1370. The quantitative estimate of drug-likeness (QED) is 0.310. The lowest BCUT2D eigenvalue weighted by Crippen LogP contribution is -2.60. The van der Waals surface area contributed by atoms with Crippen molar-refractivity contribution in [3.63, 3.8) is 0 Å². The van der Waals surface area contributed by atoms with E-state index in [1.807, 2.05) is 63.3 Å². The molecular formula is C35H46BrN3O7. The molecular weight excluding hydrogens is 654 g/mol. The Morgan fingerprint density at radius 3 is 2.50 bits per heavy atom. The van der Waals surface area contributed by atoms with Gasteiger partial charge in [0.25, 0.3) is 0 Å². The number of hydrogen-bond acceptors (Lipinski definition) is 7. The molecule has 3 amide bonds. The fourth-order valence-corrected chi connectivity index (χ4v) is 8.26. The van der Waals surface area contributed by atoms with Crippen molar-refractivity contribution in [2.45, 2.75) is 95.7 Å². The third-order valence-corrected chi connectivity index (χ3v) is 10.8. The van der Waals surface area contributed by atoms with Crippen molar-refractivity contribution >= 4 is 39.6 Å². The summed E-state index contributed by atoms with van der Waals surface area (Å²) >= 11 is 3.61. The van der Waals surface area contributed by atoms with Crippen molar-refractivity contribution in [3.05, 3.63) is 58.6 Å². The van der Waals surface area contributed by atoms with Crippen molar-refractivity contribution in [2.24, 2.45) is 17.8 Å². The Morgan fingerprint density at radius 2 is 1.83 bits per heavy atom. The van der Waals surface area contributed by atoms with E-state index >= 15 is 0 Å². The average molecular weight is 701 g/mol. The Morgan fingerprint density at radius 1 is 1.09 bits per heavy atom. The van der Waals surface area contributed by atoms with E-state index in [-0.39, 0.29) is 49.9 Å². The molecule has 1 spiro atoms. The molecule has 10 nitrogen and oxygen atoms in total. The highest BCUT2D eigenvalue weighted by atomic mass is 79.9. The average Bonchev–Trinajstić information content (AvgIpc) is 3.64. The summed E-state index contributed by atoms with van der Waals surface area (Å²) in [7, 11) is 0. The first-order valence-corrected chi connectivity index (χ1v) is 17.3. The minimum Gasteiger partial charge on any atom is -0.455 e. The first-order chi connectivity index (χ1) is 22.1. The molecule has 4 aliphatic rings. The third kappa shape index (κ3) is 6.18. The maximum atomic E-state index is 14.9. The molecule has 1 aromatic carbocycles. The number of likely N-dealkylation sites (tertiary alicyclic amines) is 1. The standard InChI is InChI=1S/C35H46BrN3O7/c1-5-13-22(4)38-17-12-8-11-16-27(41)37-19-26(23-14-9-7-10-15-23)45-34(44)28-29-32(42)39(25(20-40)21(3)6-2)31(33(38)43)35(29)18-24(36)30(28)46-35/h7-10,12,14-15,18,21-22,25-26,28-31,40H,5-6,11,13,16-17,19-20H2,1-4H3,(H,37,41)/b12-8-/t21-,22?,25-,26+,28+,29-,30+,31+,35-/m0/s1. The van der Waals surface area contributed by atoms with Gasteiger partial charge in [0.15, 0.2) is 0 Å². The number of nitrogens with one attached hydrogen (secondary N) is 1. The first kappa shape index (κ1) is 34.3. The molecule has 0 aromatic heterocycles. The van der Waals surface area contributed by atoms with Crippen LogP contribution in [0.4, 0.5) is 0 Å². The van der Waals surface area contributed by atoms with Gasteiger partial charge in [-0.3, -0.25) is 19.2 Å². The fourth-order valence-electron chi connectivity index (χ4n) is 7.52. The number of aliphatic hydroxyl groups excluding tert-OH is 1. The summed E-state index contributed by atoms with van der Waals surface area (Å²) in [6, 6.07) is 7.25. The van der Waals surface area contributed by atoms with E-state index in [2.05, 4.69) is 28.2 Å². The molecule has 1 unspecified atom stereocenters. The van der Waals surface area contributed by atoms with Crippen molar-refractivity contribution in [1.29, 1.82) is 0 Å². The van der Waals surface area contributed by atoms with E-state index in [1.165, 1.54) is 4.90 Å². The molecule has 0 radical (unpaired) electrons. The highest BCUT2D eigenvalue weighted by Gasteiger charge is 2.75. The largest absolute Gasteiger partial charge is 0.455 e. The van der Waals surface area contributed by atoms with Gasteiger partial charge in [-0.1, -0.05) is 92.0 Å². The summed E-state index contributed by atoms with van der Waals surface area (Å²) < 4.78 is 13.4. The number of aliphatic hydroxyl groups is 1. The number of ether oxygens (including phenoxy) is 2. The number of nitrogens with zero attached hydrogens (tertiary/aromatic N) is 2. The lowest BCUT2D eigenvalue weighted by molar-refractivity contribution is -0.161. The van der Waals surface area contributed by atoms with Crippen LogP contribution in [-0.4, -0.2) is 88.1 Å². The number of esters is 1. The minimum atomic E-state index is -1.43. The molecule has 2 saturated heterocycles. The number of rotatable bonds is 8. The second-order valence-corrected chi connectivity index (χ2v) is 13.9. The Balaban J connectivity index is 1.64. The van der Waals surface area contributed by atoms with Gasteiger partial charge < -0.3 is 29.7 Å². The van der Waals surface area contributed by atoms with Gasteiger partial charge in [-0.25, -0.2) is 0 Å². The third-order valence-electron chi connectivity index (χ3n) is 10.2. The summed E-state index contributed by atoms with van der Waals surface area (Å²) in [4.78, 5) is 59.9. The fraction of sp³-hybridized carbons (Fsp3) is 0.600. The zero-order chi connectivity index (χ0) is 33.2.